The Hall–Kier alpha value is -3.40. The first-order valence-electron chi connectivity index (χ1n) is 7.55. The van der Waals surface area contributed by atoms with Crippen LogP contribution in [0.15, 0.2) is 28.2 Å². The van der Waals surface area contributed by atoms with Crippen LogP contribution < -0.4 is 0 Å². The Kier molecular flexibility index (Phi) is 5.08. The molecule has 0 unspecified atom stereocenters. The highest BCUT2D eigenvalue weighted by Crippen LogP contribution is 2.33. The van der Waals surface area contributed by atoms with Crippen LogP contribution in [0.4, 0.5) is 0 Å². The van der Waals surface area contributed by atoms with E-state index in [1.807, 2.05) is 0 Å². The summed E-state index contributed by atoms with van der Waals surface area (Å²) in [4.78, 5) is 47.6. The number of aromatic nitrogens is 3. The van der Waals surface area contributed by atoms with Crippen molar-refractivity contribution in [3.63, 3.8) is 0 Å². The molecule has 10 heteroatoms. The average Bonchev–Trinajstić information content (AvgIpc) is 3.36. The minimum Gasteiger partial charge on any atom is -0.464 e. The van der Waals surface area contributed by atoms with Crippen molar-refractivity contribution in [1.29, 1.82) is 0 Å². The summed E-state index contributed by atoms with van der Waals surface area (Å²) in [7, 11) is 2.50. The number of ether oxygens (including phenoxy) is 2. The summed E-state index contributed by atoms with van der Waals surface area (Å²) < 4.78 is 14.5. The van der Waals surface area contributed by atoms with Crippen molar-refractivity contribution in [3.8, 4) is 22.0 Å². The van der Waals surface area contributed by atoms with Gasteiger partial charge in [-0.25, -0.2) is 24.5 Å². The van der Waals surface area contributed by atoms with Gasteiger partial charge in [0.05, 0.1) is 14.2 Å². The van der Waals surface area contributed by atoms with Gasteiger partial charge in [0, 0.05) is 17.9 Å². The number of oxazole rings is 1. The van der Waals surface area contributed by atoms with Gasteiger partial charge in [0.15, 0.2) is 5.69 Å². The second-order valence-electron chi connectivity index (χ2n) is 5.21. The van der Waals surface area contributed by atoms with Crippen LogP contribution in [0, 0.1) is 0 Å². The molecule has 0 aliphatic carbocycles. The molecule has 27 heavy (non-hydrogen) atoms. The Bertz CT molecular complexity index is 1040. The molecular formula is C17H13N3O6S. The number of nitrogens with zero attached hydrogens (tertiary/aromatic N) is 3. The Labute approximate surface area is 157 Å². The van der Waals surface area contributed by atoms with Gasteiger partial charge in [-0.05, 0) is 12.1 Å². The molecule has 0 radical (unpaired) electrons. The van der Waals surface area contributed by atoms with E-state index in [1.54, 1.807) is 11.4 Å². The monoisotopic (exact) mass is 387 g/mol. The molecule has 0 saturated heterocycles. The molecule has 0 aliphatic rings. The number of esters is 2. The van der Waals surface area contributed by atoms with Crippen molar-refractivity contribution >= 4 is 29.1 Å². The van der Waals surface area contributed by atoms with E-state index in [1.165, 1.54) is 44.8 Å². The van der Waals surface area contributed by atoms with E-state index in [2.05, 4.69) is 19.7 Å². The summed E-state index contributed by atoms with van der Waals surface area (Å²) in [6.45, 7) is 1.32. The van der Waals surface area contributed by atoms with E-state index in [9.17, 15) is 14.4 Å². The third kappa shape index (κ3) is 3.60. The minimum atomic E-state index is -0.632. The van der Waals surface area contributed by atoms with E-state index >= 15 is 0 Å². The van der Waals surface area contributed by atoms with E-state index in [0.717, 1.165) is 0 Å². The lowest BCUT2D eigenvalue weighted by Gasteiger charge is -2.06. The van der Waals surface area contributed by atoms with Crippen molar-refractivity contribution in [2.75, 3.05) is 14.2 Å². The van der Waals surface area contributed by atoms with Crippen molar-refractivity contribution in [1.82, 2.24) is 15.0 Å². The third-order valence-corrected chi connectivity index (χ3v) is 4.34. The fraction of sp³-hybridized carbons (Fsp3) is 0.176. The summed E-state index contributed by atoms with van der Waals surface area (Å²) in [5, 5.41) is 2.00. The minimum absolute atomic E-state index is 0.0494. The van der Waals surface area contributed by atoms with Gasteiger partial charge in [-0.2, -0.15) is 0 Å². The predicted molar refractivity (Wildman–Crippen MR) is 93.5 cm³/mol. The summed E-state index contributed by atoms with van der Waals surface area (Å²) in [5.74, 6) is -1.64. The molecule has 0 bridgehead atoms. The summed E-state index contributed by atoms with van der Waals surface area (Å²) >= 11 is 1.19. The number of hydrogen-bond donors (Lipinski definition) is 0. The topological polar surface area (TPSA) is 121 Å². The molecule has 0 spiro atoms. The average molecular weight is 387 g/mol. The second kappa shape index (κ2) is 7.46. The quantitative estimate of drug-likeness (QED) is 0.480. The van der Waals surface area contributed by atoms with Crippen molar-refractivity contribution in [3.05, 3.63) is 41.1 Å². The number of methoxy groups -OCH3 is 2. The summed E-state index contributed by atoms with van der Waals surface area (Å²) in [5.41, 5.74) is 1.21. The first kappa shape index (κ1) is 18.4. The fourth-order valence-electron chi connectivity index (χ4n) is 2.19. The van der Waals surface area contributed by atoms with E-state index < -0.39 is 11.9 Å². The summed E-state index contributed by atoms with van der Waals surface area (Å²) in [6.07, 6.45) is 1.26. The highest BCUT2D eigenvalue weighted by Gasteiger charge is 2.21. The number of carbonyl (C=O) groups excluding carboxylic acids is 3. The Morgan fingerprint density at radius 1 is 1.00 bits per heavy atom. The number of carbonyl (C=O) groups is 3. The van der Waals surface area contributed by atoms with Crippen LogP contribution in [-0.2, 0) is 9.47 Å². The molecule has 3 aromatic heterocycles. The molecule has 0 saturated carbocycles. The molecule has 0 aliphatic heterocycles. The van der Waals surface area contributed by atoms with Gasteiger partial charge < -0.3 is 13.9 Å². The first-order valence-corrected chi connectivity index (χ1v) is 8.43. The zero-order chi connectivity index (χ0) is 19.6. The van der Waals surface area contributed by atoms with Gasteiger partial charge in [-0.3, -0.25) is 4.79 Å². The molecule has 3 heterocycles. The van der Waals surface area contributed by atoms with Gasteiger partial charge in [-0.1, -0.05) is 0 Å². The molecule has 0 N–H and O–H groups in total. The number of thiazole rings is 1. The number of ketones is 1. The normalized spacial score (nSPS) is 10.5. The maximum absolute atomic E-state index is 11.8. The Morgan fingerprint density at radius 2 is 1.70 bits per heavy atom. The zero-order valence-electron chi connectivity index (χ0n) is 14.5. The van der Waals surface area contributed by atoms with Crippen LogP contribution in [-0.4, -0.2) is 46.9 Å². The molecule has 9 nitrogen and oxygen atoms in total. The number of pyridine rings is 1. The summed E-state index contributed by atoms with van der Waals surface area (Å²) in [6, 6.07) is 3.08. The van der Waals surface area contributed by atoms with Gasteiger partial charge in [0.2, 0.25) is 5.78 Å². The molecular weight excluding hydrogens is 374 g/mol. The lowest BCUT2D eigenvalue weighted by Crippen LogP contribution is -2.06. The maximum Gasteiger partial charge on any atom is 0.357 e. The van der Waals surface area contributed by atoms with Crippen LogP contribution in [0.2, 0.25) is 0 Å². The van der Waals surface area contributed by atoms with Crippen LogP contribution in [0.25, 0.3) is 22.0 Å². The van der Waals surface area contributed by atoms with Crippen molar-refractivity contribution < 1.29 is 28.3 Å². The van der Waals surface area contributed by atoms with E-state index in [-0.39, 0.29) is 34.4 Å². The van der Waals surface area contributed by atoms with Gasteiger partial charge >= 0.3 is 11.9 Å². The highest BCUT2D eigenvalue weighted by molar-refractivity contribution is 7.13. The van der Waals surface area contributed by atoms with Crippen LogP contribution in [0.3, 0.4) is 0 Å². The van der Waals surface area contributed by atoms with Gasteiger partial charge in [0.1, 0.15) is 28.4 Å². The van der Waals surface area contributed by atoms with Crippen molar-refractivity contribution in [2.45, 2.75) is 6.92 Å². The molecule has 3 aromatic rings. The van der Waals surface area contributed by atoms with Crippen LogP contribution in [0.5, 0.6) is 0 Å². The molecule has 0 atom stereocenters. The van der Waals surface area contributed by atoms with E-state index in [4.69, 9.17) is 9.15 Å². The number of Topliss-reactive ketones (excluding diaryl/α,β-unsaturated/α-hetero) is 1. The SMILES string of the molecule is COC(=O)c1csc(-c2ccc(C(=O)OC)nc2-c2coc(C(C)=O)n2)n1. The first-order chi connectivity index (χ1) is 12.9. The second-order valence-corrected chi connectivity index (χ2v) is 6.07. The van der Waals surface area contributed by atoms with Crippen LogP contribution >= 0.6 is 11.3 Å². The maximum atomic E-state index is 11.8. The Morgan fingerprint density at radius 3 is 2.33 bits per heavy atom. The Balaban J connectivity index is 2.15. The number of hydrogen-bond acceptors (Lipinski definition) is 10. The molecule has 0 aromatic carbocycles. The highest BCUT2D eigenvalue weighted by atomic mass is 32.1. The van der Waals surface area contributed by atoms with E-state index in [0.29, 0.717) is 10.6 Å². The smallest absolute Gasteiger partial charge is 0.357 e. The molecule has 0 fully saturated rings. The predicted octanol–water partition coefficient (Wildman–Crippen LogP) is 2.64. The largest absolute Gasteiger partial charge is 0.464 e. The lowest BCUT2D eigenvalue weighted by molar-refractivity contribution is 0.0586. The number of rotatable bonds is 5. The molecule has 3 rings (SSSR count). The lowest BCUT2D eigenvalue weighted by atomic mass is 10.1. The fourth-order valence-corrected chi connectivity index (χ4v) is 3.00. The van der Waals surface area contributed by atoms with Gasteiger partial charge in [-0.15, -0.1) is 11.3 Å². The third-order valence-electron chi connectivity index (χ3n) is 3.47. The zero-order valence-corrected chi connectivity index (χ0v) is 15.3. The van der Waals surface area contributed by atoms with Gasteiger partial charge in [0.25, 0.3) is 5.89 Å². The van der Waals surface area contributed by atoms with Crippen LogP contribution in [0.1, 0.15) is 38.6 Å². The standard InChI is InChI=1S/C17H13N3O6S/c1-8(21)14-19-11(6-26-14)13-9(4-5-10(18-13)16(22)24-2)15-20-12(7-27-15)17(23)25-3/h4-7H,1-3H3. The molecule has 0 amide bonds. The van der Waals surface area contributed by atoms with Crippen molar-refractivity contribution in [2.24, 2.45) is 0 Å². The molecule has 138 valence electrons.